The highest BCUT2D eigenvalue weighted by Gasteiger charge is 2.29. The number of imidazole rings is 1. The average molecular weight is 425 g/mol. The summed E-state index contributed by atoms with van der Waals surface area (Å²) in [7, 11) is 0. The SMILES string of the molecule is O=C(NCc1ccc(SN2CCN(C3COC3)CC2)cc1)c1cnc2nccn2c1. The molecule has 8 nitrogen and oxygen atoms in total. The third-order valence-corrected chi connectivity index (χ3v) is 6.64. The second-order valence-corrected chi connectivity index (χ2v) is 8.72. The van der Waals surface area contributed by atoms with Crippen molar-refractivity contribution >= 4 is 23.6 Å². The molecule has 4 heterocycles. The molecule has 2 aliphatic heterocycles. The molecule has 0 saturated carbocycles. The number of piperazine rings is 1. The fourth-order valence-corrected chi connectivity index (χ4v) is 4.53. The van der Waals surface area contributed by atoms with E-state index in [1.807, 2.05) is 0 Å². The van der Waals surface area contributed by atoms with E-state index in [2.05, 4.69) is 48.8 Å². The number of hydrogen-bond acceptors (Lipinski definition) is 7. The van der Waals surface area contributed by atoms with E-state index >= 15 is 0 Å². The third kappa shape index (κ3) is 4.34. The Balaban J connectivity index is 1.10. The van der Waals surface area contributed by atoms with E-state index in [9.17, 15) is 4.79 Å². The number of ether oxygens (including phenoxy) is 1. The van der Waals surface area contributed by atoms with Crippen LogP contribution in [0.3, 0.4) is 0 Å². The standard InChI is InChI=1S/C21H24N6O2S/c28-20(17-12-24-21-22-5-6-26(21)13-17)23-11-16-1-3-19(4-2-16)30-27-9-7-25(8-10-27)18-14-29-15-18/h1-6,12-13,18H,7-11,14-15H2,(H,23,28). The van der Waals surface area contributed by atoms with Crippen LogP contribution >= 0.6 is 11.9 Å². The van der Waals surface area contributed by atoms with E-state index in [1.165, 1.54) is 4.90 Å². The van der Waals surface area contributed by atoms with Gasteiger partial charge in [-0.1, -0.05) is 12.1 Å². The maximum atomic E-state index is 12.4. The molecule has 1 N–H and O–H groups in total. The number of fused-ring (bicyclic) bond motifs is 1. The molecule has 2 aliphatic rings. The lowest BCUT2D eigenvalue weighted by Gasteiger charge is -2.42. The number of carbonyl (C=O) groups is 1. The first-order valence-electron chi connectivity index (χ1n) is 10.2. The molecule has 3 aromatic rings. The molecule has 156 valence electrons. The molecule has 1 aromatic carbocycles. The predicted octanol–water partition coefficient (Wildman–Crippen LogP) is 1.68. The highest BCUT2D eigenvalue weighted by atomic mass is 32.2. The number of nitrogens with zero attached hydrogens (tertiary/aromatic N) is 5. The molecule has 2 fully saturated rings. The molecule has 0 spiro atoms. The quantitative estimate of drug-likeness (QED) is 0.604. The zero-order valence-corrected chi connectivity index (χ0v) is 17.4. The number of amides is 1. The number of rotatable bonds is 6. The number of benzene rings is 1. The van der Waals surface area contributed by atoms with Gasteiger partial charge in [-0.25, -0.2) is 14.3 Å². The van der Waals surface area contributed by atoms with Crippen molar-refractivity contribution in [2.24, 2.45) is 0 Å². The fraction of sp³-hybridized carbons (Fsp3) is 0.381. The van der Waals surface area contributed by atoms with Crippen molar-refractivity contribution in [3.05, 3.63) is 60.2 Å². The van der Waals surface area contributed by atoms with Gasteiger partial charge in [0.2, 0.25) is 5.78 Å². The van der Waals surface area contributed by atoms with Gasteiger partial charge >= 0.3 is 0 Å². The molecular formula is C21H24N6O2S. The van der Waals surface area contributed by atoms with Gasteiger partial charge in [-0.15, -0.1) is 0 Å². The summed E-state index contributed by atoms with van der Waals surface area (Å²) in [6, 6.07) is 9.02. The predicted molar refractivity (Wildman–Crippen MR) is 114 cm³/mol. The Labute approximate surface area is 179 Å². The van der Waals surface area contributed by atoms with Crippen LogP contribution in [0.4, 0.5) is 0 Å². The van der Waals surface area contributed by atoms with Crippen LogP contribution in [0.15, 0.2) is 53.9 Å². The monoisotopic (exact) mass is 424 g/mol. The number of hydrogen-bond donors (Lipinski definition) is 1. The van der Waals surface area contributed by atoms with Crippen molar-refractivity contribution in [3.63, 3.8) is 0 Å². The van der Waals surface area contributed by atoms with Gasteiger partial charge in [-0.2, -0.15) is 0 Å². The normalized spacial score (nSPS) is 18.4. The Morgan fingerprint density at radius 2 is 1.93 bits per heavy atom. The van der Waals surface area contributed by atoms with Crippen molar-refractivity contribution in [2.45, 2.75) is 17.5 Å². The maximum absolute atomic E-state index is 12.4. The summed E-state index contributed by atoms with van der Waals surface area (Å²) in [5, 5.41) is 2.95. The van der Waals surface area contributed by atoms with Gasteiger partial charge in [-0.3, -0.25) is 14.1 Å². The molecule has 0 aliphatic carbocycles. The lowest BCUT2D eigenvalue weighted by Crippen LogP contribution is -2.55. The van der Waals surface area contributed by atoms with Gasteiger partial charge in [0.25, 0.3) is 5.91 Å². The maximum Gasteiger partial charge on any atom is 0.254 e. The lowest BCUT2D eigenvalue weighted by molar-refractivity contribution is -0.0717. The van der Waals surface area contributed by atoms with E-state index in [0.717, 1.165) is 45.0 Å². The molecule has 0 bridgehead atoms. The van der Waals surface area contributed by atoms with Crippen LogP contribution in [0.1, 0.15) is 15.9 Å². The molecule has 9 heteroatoms. The van der Waals surface area contributed by atoms with Gasteiger partial charge in [0.05, 0.1) is 24.8 Å². The van der Waals surface area contributed by atoms with Crippen molar-refractivity contribution in [3.8, 4) is 0 Å². The second-order valence-electron chi connectivity index (χ2n) is 7.55. The first kappa shape index (κ1) is 19.5. The summed E-state index contributed by atoms with van der Waals surface area (Å²) in [6.07, 6.45) is 6.72. The zero-order valence-electron chi connectivity index (χ0n) is 16.6. The van der Waals surface area contributed by atoms with Gasteiger partial charge in [0.1, 0.15) is 0 Å². The third-order valence-electron chi connectivity index (χ3n) is 5.53. The molecule has 0 unspecified atom stereocenters. The van der Waals surface area contributed by atoms with E-state index in [4.69, 9.17) is 4.74 Å². The van der Waals surface area contributed by atoms with Crippen LogP contribution in [-0.4, -0.2) is 74.9 Å². The van der Waals surface area contributed by atoms with Gasteiger partial charge in [-0.05, 0) is 29.6 Å². The molecule has 0 atom stereocenters. The summed E-state index contributed by atoms with van der Waals surface area (Å²) < 4.78 is 9.46. The molecule has 2 aromatic heterocycles. The van der Waals surface area contributed by atoms with E-state index in [-0.39, 0.29) is 5.91 Å². The number of aromatic nitrogens is 3. The molecule has 0 radical (unpaired) electrons. The summed E-state index contributed by atoms with van der Waals surface area (Å²) in [6.45, 7) is 6.59. The van der Waals surface area contributed by atoms with Crippen LogP contribution < -0.4 is 5.32 Å². The van der Waals surface area contributed by atoms with Crippen molar-refractivity contribution in [2.75, 3.05) is 39.4 Å². The Morgan fingerprint density at radius 1 is 1.13 bits per heavy atom. The van der Waals surface area contributed by atoms with Crippen molar-refractivity contribution in [1.82, 2.24) is 28.9 Å². The smallest absolute Gasteiger partial charge is 0.254 e. The summed E-state index contributed by atoms with van der Waals surface area (Å²) >= 11 is 1.81. The summed E-state index contributed by atoms with van der Waals surface area (Å²) in [5.74, 6) is 0.435. The molecule has 30 heavy (non-hydrogen) atoms. The van der Waals surface area contributed by atoms with E-state index in [1.54, 1.807) is 41.1 Å². The van der Waals surface area contributed by atoms with Crippen LogP contribution in [0, 0.1) is 0 Å². The first-order valence-corrected chi connectivity index (χ1v) is 10.9. The Kier molecular flexibility index (Phi) is 5.67. The summed E-state index contributed by atoms with van der Waals surface area (Å²) in [5.41, 5.74) is 1.58. The van der Waals surface area contributed by atoms with Gasteiger partial charge in [0, 0.05) is 62.4 Å². The zero-order chi connectivity index (χ0) is 20.3. The van der Waals surface area contributed by atoms with Gasteiger partial charge < -0.3 is 10.1 Å². The summed E-state index contributed by atoms with van der Waals surface area (Å²) in [4.78, 5) is 24.4. The minimum absolute atomic E-state index is 0.147. The van der Waals surface area contributed by atoms with Gasteiger partial charge in [0.15, 0.2) is 0 Å². The van der Waals surface area contributed by atoms with Crippen molar-refractivity contribution in [1.29, 1.82) is 0 Å². The minimum atomic E-state index is -0.147. The Hall–Kier alpha value is -2.46. The van der Waals surface area contributed by atoms with E-state index < -0.39 is 0 Å². The second kappa shape index (κ2) is 8.73. The Morgan fingerprint density at radius 3 is 2.67 bits per heavy atom. The highest BCUT2D eigenvalue weighted by Crippen LogP contribution is 2.25. The Bertz CT molecular complexity index is 1010. The number of carbonyl (C=O) groups excluding carboxylic acids is 1. The van der Waals surface area contributed by atoms with E-state index in [0.29, 0.717) is 23.9 Å². The fourth-order valence-electron chi connectivity index (χ4n) is 3.63. The molecular weight excluding hydrogens is 400 g/mol. The molecule has 5 rings (SSSR count). The lowest BCUT2D eigenvalue weighted by atomic mass is 10.2. The molecule has 1 amide bonds. The van der Waals surface area contributed by atoms with Crippen molar-refractivity contribution < 1.29 is 9.53 Å². The minimum Gasteiger partial charge on any atom is -0.378 e. The average Bonchev–Trinajstić information content (AvgIpc) is 3.21. The highest BCUT2D eigenvalue weighted by molar-refractivity contribution is 7.97. The van der Waals surface area contributed by atoms with Crippen LogP contribution in [0.2, 0.25) is 0 Å². The van der Waals surface area contributed by atoms with Crippen LogP contribution in [0.5, 0.6) is 0 Å². The van der Waals surface area contributed by atoms with Crippen LogP contribution in [0.25, 0.3) is 5.78 Å². The number of nitrogens with one attached hydrogen (secondary N) is 1. The topological polar surface area (TPSA) is 75.0 Å². The van der Waals surface area contributed by atoms with Crippen LogP contribution in [-0.2, 0) is 11.3 Å². The first-order chi connectivity index (χ1) is 14.7. The molecule has 2 saturated heterocycles. The largest absolute Gasteiger partial charge is 0.378 e.